The third-order valence-corrected chi connectivity index (χ3v) is 10.3. The zero-order chi connectivity index (χ0) is 21.4. The number of carbonyl (C=O) groups is 1. The Morgan fingerprint density at radius 2 is 1.90 bits per heavy atom. The van der Waals surface area contributed by atoms with Crippen LogP contribution in [0.1, 0.15) is 73.1 Å². The summed E-state index contributed by atoms with van der Waals surface area (Å²) in [7, 11) is 0. The number of rotatable bonds is 5. The molecule has 30 heavy (non-hydrogen) atoms. The van der Waals surface area contributed by atoms with Crippen molar-refractivity contribution in [2.75, 3.05) is 0 Å². The van der Waals surface area contributed by atoms with Gasteiger partial charge >= 0.3 is 0 Å². The smallest absolute Gasteiger partial charge is 0.187 e. The maximum atomic E-state index is 12.2. The van der Waals surface area contributed by atoms with Gasteiger partial charge in [0.2, 0.25) is 0 Å². The molecule has 3 fully saturated rings. The lowest BCUT2D eigenvalue weighted by Crippen LogP contribution is -2.51. The van der Waals surface area contributed by atoms with Crippen LogP contribution in [0.25, 0.3) is 0 Å². The van der Waals surface area contributed by atoms with Crippen LogP contribution in [0.2, 0.25) is 0 Å². The van der Waals surface area contributed by atoms with E-state index in [-0.39, 0.29) is 29.5 Å². The molecule has 1 aliphatic heterocycles. The maximum absolute atomic E-state index is 12.2. The van der Waals surface area contributed by atoms with Gasteiger partial charge in [-0.1, -0.05) is 46.8 Å². The fraction of sp³-hybridized carbons (Fsp3) is 0.815. The van der Waals surface area contributed by atoms with Gasteiger partial charge in [-0.2, -0.15) is 0 Å². The second-order valence-electron chi connectivity index (χ2n) is 12.0. The Morgan fingerprint density at radius 3 is 2.63 bits per heavy atom. The quantitative estimate of drug-likeness (QED) is 0.621. The number of aliphatic hydroxyl groups excluding tert-OH is 1. The second kappa shape index (κ2) is 7.04. The van der Waals surface area contributed by atoms with Gasteiger partial charge in [0.05, 0.1) is 6.10 Å². The Morgan fingerprint density at radius 1 is 1.13 bits per heavy atom. The highest BCUT2D eigenvalue weighted by molar-refractivity contribution is 5.98. The lowest BCUT2D eigenvalue weighted by Gasteiger charge is -2.56. The van der Waals surface area contributed by atoms with E-state index in [0.717, 1.165) is 24.7 Å². The van der Waals surface area contributed by atoms with Gasteiger partial charge in [-0.3, -0.25) is 4.79 Å². The number of carbonyl (C=O) groups excluding carboxylic acids is 1. The van der Waals surface area contributed by atoms with Crippen molar-refractivity contribution in [3.63, 3.8) is 0 Å². The third-order valence-electron chi connectivity index (χ3n) is 10.3. The summed E-state index contributed by atoms with van der Waals surface area (Å²) in [5.74, 6) is 3.92. The highest BCUT2D eigenvalue weighted by Crippen LogP contribution is 2.68. The van der Waals surface area contributed by atoms with Crippen molar-refractivity contribution in [2.45, 2.75) is 91.5 Å². The van der Waals surface area contributed by atoms with Crippen LogP contribution >= 0.6 is 0 Å². The molecule has 3 unspecified atom stereocenters. The van der Waals surface area contributed by atoms with Crippen LogP contribution in [0.15, 0.2) is 23.8 Å². The Bertz CT molecular complexity index is 781. The van der Waals surface area contributed by atoms with Gasteiger partial charge in [-0.05, 0) is 91.1 Å². The van der Waals surface area contributed by atoms with Crippen molar-refractivity contribution < 1.29 is 14.6 Å². The molecule has 1 saturated heterocycles. The molecule has 0 aromatic heterocycles. The minimum absolute atomic E-state index is 0.0183. The molecule has 2 saturated carbocycles. The van der Waals surface area contributed by atoms with E-state index in [1.807, 2.05) is 6.08 Å². The molecule has 0 spiro atoms. The van der Waals surface area contributed by atoms with E-state index in [1.54, 1.807) is 0 Å². The van der Waals surface area contributed by atoms with Crippen LogP contribution in [0.5, 0.6) is 0 Å². The number of epoxide rings is 1. The van der Waals surface area contributed by atoms with E-state index in [2.05, 4.69) is 46.8 Å². The summed E-state index contributed by atoms with van der Waals surface area (Å²) in [6.45, 7) is 11.6. The first-order chi connectivity index (χ1) is 14.2. The normalized spacial score (nSPS) is 48.4. The largest absolute Gasteiger partial charge is 0.393 e. The first-order valence-corrected chi connectivity index (χ1v) is 12.5. The molecule has 0 amide bonds. The monoisotopic (exact) mass is 412 g/mol. The van der Waals surface area contributed by atoms with Crippen molar-refractivity contribution in [1.29, 1.82) is 0 Å². The molecule has 0 aromatic rings. The fourth-order valence-corrected chi connectivity index (χ4v) is 8.31. The Kier molecular flexibility index (Phi) is 4.91. The van der Waals surface area contributed by atoms with E-state index < -0.39 is 0 Å². The number of ketones is 1. The van der Waals surface area contributed by atoms with Crippen LogP contribution in [0.3, 0.4) is 0 Å². The highest BCUT2D eigenvalue weighted by atomic mass is 16.6. The molecule has 3 heteroatoms. The standard InChI is InChI=1S/C27H40O3/c1-15(2)22(28)11-6-16(3)19-9-10-20-18-8-7-17-14-23(29)24-25(30-24)27(17,5)21(18)12-13-26(19,20)4/h7-8,14-16,18-22,24-25,28H,6,9-13H2,1-5H3/t16-,18?,19-,20?,21?,22+,24+,25+,26-,27+/m1/s1. The average Bonchev–Trinajstić information content (AvgIpc) is 3.44. The summed E-state index contributed by atoms with van der Waals surface area (Å²) >= 11 is 0. The van der Waals surface area contributed by atoms with Gasteiger partial charge in [0.15, 0.2) is 5.78 Å². The van der Waals surface area contributed by atoms with Crippen molar-refractivity contribution >= 4 is 5.78 Å². The third kappa shape index (κ3) is 2.87. The van der Waals surface area contributed by atoms with Crippen molar-refractivity contribution in [2.24, 2.45) is 46.3 Å². The number of aliphatic hydroxyl groups is 1. The van der Waals surface area contributed by atoms with Gasteiger partial charge in [0.1, 0.15) is 12.2 Å². The number of ether oxygens (including phenoxy) is 1. The molecule has 0 aromatic carbocycles. The fourth-order valence-electron chi connectivity index (χ4n) is 8.31. The van der Waals surface area contributed by atoms with Crippen molar-refractivity contribution in [3.8, 4) is 0 Å². The molecule has 0 bridgehead atoms. The van der Waals surface area contributed by atoms with Crippen LogP contribution in [-0.4, -0.2) is 29.2 Å². The molecule has 5 aliphatic rings. The second-order valence-corrected chi connectivity index (χ2v) is 12.0. The number of fused-ring (bicyclic) bond motifs is 7. The molecule has 10 atom stereocenters. The van der Waals surface area contributed by atoms with Crippen LogP contribution < -0.4 is 0 Å². The molecule has 3 nitrogen and oxygen atoms in total. The summed E-state index contributed by atoms with van der Waals surface area (Å²) in [5.41, 5.74) is 1.64. The van der Waals surface area contributed by atoms with Gasteiger partial charge in [0.25, 0.3) is 0 Å². The van der Waals surface area contributed by atoms with Gasteiger partial charge in [0, 0.05) is 5.41 Å². The summed E-state index contributed by atoms with van der Waals surface area (Å²) in [6, 6.07) is 0. The summed E-state index contributed by atoms with van der Waals surface area (Å²) < 4.78 is 5.92. The maximum Gasteiger partial charge on any atom is 0.187 e. The SMILES string of the molecule is CC(C)[C@@H](O)CC[C@@H](C)[C@H]1CCC2C3C=CC4=CC(=O)[C@@H]5O[C@@H]5[C@]4(C)C3CC[C@@]21C. The van der Waals surface area contributed by atoms with Crippen molar-refractivity contribution in [3.05, 3.63) is 23.8 Å². The molecule has 1 heterocycles. The predicted octanol–water partition coefficient (Wildman–Crippen LogP) is 5.33. The number of allylic oxidation sites excluding steroid dienone is 2. The lowest BCUT2D eigenvalue weighted by atomic mass is 9.48. The van der Waals surface area contributed by atoms with E-state index in [1.165, 1.54) is 31.3 Å². The molecule has 166 valence electrons. The Labute approximate surface area is 182 Å². The highest BCUT2D eigenvalue weighted by Gasteiger charge is 2.66. The minimum atomic E-state index is -0.167. The first-order valence-electron chi connectivity index (χ1n) is 12.5. The summed E-state index contributed by atoms with van der Waals surface area (Å²) in [4.78, 5) is 12.2. The summed E-state index contributed by atoms with van der Waals surface area (Å²) in [5, 5.41) is 10.3. The van der Waals surface area contributed by atoms with E-state index in [0.29, 0.717) is 29.1 Å². The van der Waals surface area contributed by atoms with Crippen molar-refractivity contribution in [1.82, 2.24) is 0 Å². The number of hydrogen-bond acceptors (Lipinski definition) is 3. The zero-order valence-electron chi connectivity index (χ0n) is 19.4. The van der Waals surface area contributed by atoms with Gasteiger partial charge in [-0.25, -0.2) is 0 Å². The minimum Gasteiger partial charge on any atom is -0.393 e. The molecule has 0 radical (unpaired) electrons. The first kappa shape index (κ1) is 20.9. The van der Waals surface area contributed by atoms with E-state index in [9.17, 15) is 9.90 Å². The molecular weight excluding hydrogens is 372 g/mol. The molecule has 5 rings (SSSR count). The Hall–Kier alpha value is -0.930. The predicted molar refractivity (Wildman–Crippen MR) is 119 cm³/mol. The Balaban J connectivity index is 1.36. The molecular formula is C27H40O3. The zero-order valence-corrected chi connectivity index (χ0v) is 19.4. The topological polar surface area (TPSA) is 49.8 Å². The summed E-state index contributed by atoms with van der Waals surface area (Å²) in [6.07, 6.45) is 13.7. The number of hydrogen-bond donors (Lipinski definition) is 1. The van der Waals surface area contributed by atoms with Crippen LogP contribution in [0.4, 0.5) is 0 Å². The average molecular weight is 413 g/mol. The van der Waals surface area contributed by atoms with Crippen LogP contribution in [-0.2, 0) is 9.53 Å². The van der Waals surface area contributed by atoms with Gasteiger partial charge < -0.3 is 9.84 Å². The lowest BCUT2D eigenvalue weighted by molar-refractivity contribution is -0.116. The van der Waals surface area contributed by atoms with E-state index >= 15 is 0 Å². The van der Waals surface area contributed by atoms with Crippen LogP contribution in [0, 0.1) is 46.3 Å². The molecule has 1 N–H and O–H groups in total. The molecule has 4 aliphatic carbocycles. The van der Waals surface area contributed by atoms with Gasteiger partial charge in [-0.15, -0.1) is 0 Å². The van der Waals surface area contributed by atoms with E-state index in [4.69, 9.17) is 4.74 Å².